The molecule has 0 aliphatic carbocycles. The average molecular weight is 416 g/mol. The maximum atomic E-state index is 13.3. The fourth-order valence-electron chi connectivity index (χ4n) is 4.85. The van der Waals surface area contributed by atoms with E-state index >= 15 is 0 Å². The van der Waals surface area contributed by atoms with Crippen LogP contribution in [-0.2, 0) is 18.3 Å². The second kappa shape index (κ2) is 6.84. The van der Waals surface area contributed by atoms with Gasteiger partial charge in [-0.15, -0.1) is 0 Å². The predicted molar refractivity (Wildman–Crippen MR) is 108 cm³/mol. The number of para-hydroxylation sites is 1. The largest absolute Gasteiger partial charge is 0.431 e. The molecule has 4 heterocycles. The fraction of sp³-hybridized carbons (Fsp3) is 0.364. The first-order valence-electron chi connectivity index (χ1n) is 10.0. The molecule has 1 saturated heterocycles. The average Bonchev–Trinajstić information content (AvgIpc) is 3.20. The summed E-state index contributed by atoms with van der Waals surface area (Å²) in [7, 11) is 0. The first kappa shape index (κ1) is 19.1. The number of likely N-dealkylation sites (tertiary alicyclic amines) is 1. The Morgan fingerprint density at radius 2 is 1.83 bits per heavy atom. The van der Waals surface area contributed by atoms with Crippen molar-refractivity contribution in [3.63, 3.8) is 0 Å². The molecule has 1 aromatic carbocycles. The zero-order valence-corrected chi connectivity index (χ0v) is 16.2. The van der Waals surface area contributed by atoms with Crippen LogP contribution in [0.3, 0.4) is 0 Å². The lowest BCUT2D eigenvalue weighted by atomic mass is 9.83. The smallest absolute Gasteiger partial charge is 0.338 e. The van der Waals surface area contributed by atoms with Gasteiger partial charge in [-0.25, -0.2) is 0 Å². The molecule has 1 amide bonds. The number of alkyl halides is 3. The molecule has 2 aromatic heterocycles. The molecule has 5 rings (SSSR count). The molecule has 158 valence electrons. The van der Waals surface area contributed by atoms with Gasteiger partial charge in [0.1, 0.15) is 5.69 Å². The van der Waals surface area contributed by atoms with E-state index < -0.39 is 17.4 Å². The van der Waals surface area contributed by atoms with E-state index in [9.17, 15) is 18.0 Å². The van der Waals surface area contributed by atoms with Crippen molar-refractivity contribution < 1.29 is 19.4 Å². The summed E-state index contributed by atoms with van der Waals surface area (Å²) in [6.07, 6.45) is -1.59. The number of hydrogen-bond acceptors (Lipinski definition) is 3. The topological polar surface area (TPSA) is 50.2 Å². The molecule has 2 aliphatic rings. The Bertz CT molecular complexity index is 1110. The number of carbonyl (C=O) groups excluding carboxylic acids is 1. The van der Waals surface area contributed by atoms with Crippen molar-refractivity contribution in [2.75, 3.05) is 19.6 Å². The molecule has 2 aliphatic heterocycles. The number of halogens is 3. The van der Waals surface area contributed by atoms with Crippen molar-refractivity contribution in [3.8, 4) is 0 Å². The highest BCUT2D eigenvalue weighted by molar-refractivity contribution is 6.06. The fourth-order valence-corrected chi connectivity index (χ4v) is 4.85. The summed E-state index contributed by atoms with van der Waals surface area (Å²) in [6.45, 7) is 1.74. The second-order valence-electron chi connectivity index (χ2n) is 7.93. The Kier molecular flexibility index (Phi) is 4.36. The monoisotopic (exact) mass is 416 g/mol. The SMILES string of the molecule is O=C(c1ccnc2ccccc12)N1CCC2(CC1)NCCn1c(C(F)(F)F)ccc12.[HH]. The van der Waals surface area contributed by atoms with Gasteiger partial charge >= 0.3 is 6.18 Å². The lowest BCUT2D eigenvalue weighted by molar-refractivity contribution is -0.144. The minimum absolute atomic E-state index is 0. The van der Waals surface area contributed by atoms with Crippen LogP contribution >= 0.6 is 0 Å². The Balaban J connectivity index is 0.00000231. The maximum absolute atomic E-state index is 13.3. The van der Waals surface area contributed by atoms with E-state index in [0.29, 0.717) is 50.3 Å². The molecule has 30 heavy (non-hydrogen) atoms. The van der Waals surface area contributed by atoms with Gasteiger partial charge in [-0.2, -0.15) is 13.2 Å². The quantitative estimate of drug-likeness (QED) is 0.652. The van der Waals surface area contributed by atoms with Crippen LogP contribution in [0.15, 0.2) is 48.7 Å². The Labute approximate surface area is 173 Å². The number of nitrogens with one attached hydrogen (secondary N) is 1. The first-order chi connectivity index (χ1) is 14.4. The molecule has 5 nitrogen and oxygen atoms in total. The van der Waals surface area contributed by atoms with Gasteiger partial charge in [0.05, 0.1) is 16.6 Å². The number of pyridine rings is 1. The highest BCUT2D eigenvalue weighted by Gasteiger charge is 2.44. The molecular formula is C22H23F3N4O. The number of hydrogen-bond donors (Lipinski definition) is 1. The number of piperidine rings is 1. The van der Waals surface area contributed by atoms with Crippen molar-refractivity contribution in [3.05, 3.63) is 65.6 Å². The zero-order valence-electron chi connectivity index (χ0n) is 16.2. The van der Waals surface area contributed by atoms with Crippen LogP contribution in [0.4, 0.5) is 13.2 Å². The third-order valence-electron chi connectivity index (χ3n) is 6.34. The van der Waals surface area contributed by atoms with Crippen LogP contribution < -0.4 is 5.32 Å². The third-order valence-corrected chi connectivity index (χ3v) is 6.34. The third kappa shape index (κ3) is 2.98. The van der Waals surface area contributed by atoms with E-state index in [-0.39, 0.29) is 7.33 Å². The van der Waals surface area contributed by atoms with Gasteiger partial charge in [0.15, 0.2) is 0 Å². The van der Waals surface area contributed by atoms with Gasteiger partial charge in [-0.1, -0.05) is 18.2 Å². The molecule has 1 spiro atoms. The van der Waals surface area contributed by atoms with Crippen LogP contribution in [-0.4, -0.2) is 40.0 Å². The molecule has 0 saturated carbocycles. The summed E-state index contributed by atoms with van der Waals surface area (Å²) >= 11 is 0. The minimum atomic E-state index is -4.37. The van der Waals surface area contributed by atoms with E-state index in [4.69, 9.17) is 0 Å². The predicted octanol–water partition coefficient (Wildman–Crippen LogP) is 4.04. The number of nitrogens with zero attached hydrogens (tertiary/aromatic N) is 3. The molecule has 1 N–H and O–H groups in total. The lowest BCUT2D eigenvalue weighted by Crippen LogP contribution is -2.56. The molecule has 0 bridgehead atoms. The van der Waals surface area contributed by atoms with Crippen LogP contribution in [0.25, 0.3) is 10.9 Å². The van der Waals surface area contributed by atoms with Gasteiger partial charge < -0.3 is 14.8 Å². The Hall–Kier alpha value is -2.87. The molecule has 1 fully saturated rings. The Morgan fingerprint density at radius 1 is 1.07 bits per heavy atom. The van der Waals surface area contributed by atoms with Crippen molar-refractivity contribution in [1.29, 1.82) is 0 Å². The van der Waals surface area contributed by atoms with E-state index in [1.54, 1.807) is 23.2 Å². The summed E-state index contributed by atoms with van der Waals surface area (Å²) in [5, 5.41) is 4.26. The first-order valence-corrected chi connectivity index (χ1v) is 10.0. The van der Waals surface area contributed by atoms with E-state index in [2.05, 4.69) is 10.3 Å². The number of aromatic nitrogens is 2. The van der Waals surface area contributed by atoms with Gasteiger partial charge in [-0.05, 0) is 37.1 Å². The van der Waals surface area contributed by atoms with Crippen LogP contribution in [0.5, 0.6) is 0 Å². The van der Waals surface area contributed by atoms with Crippen LogP contribution in [0, 0.1) is 0 Å². The maximum Gasteiger partial charge on any atom is 0.431 e. The van der Waals surface area contributed by atoms with Crippen molar-refractivity contribution >= 4 is 16.8 Å². The molecule has 0 atom stereocenters. The minimum Gasteiger partial charge on any atom is -0.338 e. The van der Waals surface area contributed by atoms with Crippen molar-refractivity contribution in [2.24, 2.45) is 0 Å². The second-order valence-corrected chi connectivity index (χ2v) is 7.93. The van der Waals surface area contributed by atoms with Crippen molar-refractivity contribution in [1.82, 2.24) is 19.8 Å². The number of amides is 1. The Morgan fingerprint density at radius 3 is 2.60 bits per heavy atom. The molecule has 0 radical (unpaired) electrons. The highest BCUT2D eigenvalue weighted by atomic mass is 19.4. The number of rotatable bonds is 1. The molecule has 0 unspecified atom stereocenters. The lowest BCUT2D eigenvalue weighted by Gasteiger charge is -2.45. The van der Waals surface area contributed by atoms with E-state index in [1.165, 1.54) is 10.6 Å². The number of fused-ring (bicyclic) bond motifs is 3. The standard InChI is InChI=1S/C22H21F3N4O.H2/c23-22(24,25)19-6-5-18-21(27-11-14-29(18)19)8-12-28(13-9-21)20(30)16-7-10-26-17-4-2-1-3-15(16)17;/h1-7,10,27H,8-9,11-14H2;1H. The zero-order chi connectivity index (χ0) is 20.9. The van der Waals surface area contributed by atoms with Gasteiger partial charge in [-0.3, -0.25) is 9.78 Å². The summed E-state index contributed by atoms with van der Waals surface area (Å²) in [6, 6.07) is 12.0. The summed E-state index contributed by atoms with van der Waals surface area (Å²) < 4.78 is 41.4. The van der Waals surface area contributed by atoms with Gasteiger partial charge in [0.2, 0.25) is 0 Å². The van der Waals surface area contributed by atoms with Gasteiger partial charge in [0, 0.05) is 44.9 Å². The summed E-state index contributed by atoms with van der Waals surface area (Å²) in [5.74, 6) is -0.0642. The van der Waals surface area contributed by atoms with E-state index in [1.807, 2.05) is 24.3 Å². The normalized spacial score (nSPS) is 18.6. The van der Waals surface area contributed by atoms with Crippen LogP contribution in [0.1, 0.15) is 36.0 Å². The summed E-state index contributed by atoms with van der Waals surface area (Å²) in [4.78, 5) is 19.3. The molecular weight excluding hydrogens is 393 g/mol. The van der Waals surface area contributed by atoms with Crippen molar-refractivity contribution in [2.45, 2.75) is 31.1 Å². The number of benzene rings is 1. The highest BCUT2D eigenvalue weighted by Crippen LogP contribution is 2.40. The summed E-state index contributed by atoms with van der Waals surface area (Å²) in [5.41, 5.74) is 0.917. The van der Waals surface area contributed by atoms with Crippen LogP contribution in [0.2, 0.25) is 0 Å². The van der Waals surface area contributed by atoms with E-state index in [0.717, 1.165) is 10.9 Å². The molecule has 3 aromatic rings. The number of carbonyl (C=O) groups is 1. The van der Waals surface area contributed by atoms with Gasteiger partial charge in [0.25, 0.3) is 5.91 Å². The molecule has 8 heteroatoms.